The van der Waals surface area contributed by atoms with Gasteiger partial charge in [0.1, 0.15) is 0 Å². The predicted molar refractivity (Wildman–Crippen MR) is 137 cm³/mol. The zero-order valence-electron chi connectivity index (χ0n) is 19.2. The number of carbonyl (C=O) groups is 2. The van der Waals surface area contributed by atoms with Crippen LogP contribution in [0.25, 0.3) is 33.0 Å². The zero-order chi connectivity index (χ0) is 24.0. The molecule has 0 fully saturated rings. The minimum atomic E-state index is -0.388. The Hall–Kier alpha value is -3.20. The van der Waals surface area contributed by atoms with E-state index in [0.29, 0.717) is 23.3 Å². The number of carbonyl (C=O) groups excluding carboxylic acids is 2. The summed E-state index contributed by atoms with van der Waals surface area (Å²) >= 11 is 3.69. The number of aromatic nitrogens is 2. The van der Waals surface area contributed by atoms with E-state index in [-0.39, 0.29) is 17.9 Å². The number of likely N-dealkylation sites (N-methyl/N-ethyl adjacent to an activating group) is 1. The molecule has 2 aromatic heterocycles. The van der Waals surface area contributed by atoms with E-state index in [4.69, 9.17) is 4.74 Å². The van der Waals surface area contributed by atoms with Crippen LogP contribution in [-0.4, -0.2) is 60.1 Å². The molecule has 174 valence electrons. The Morgan fingerprint density at radius 2 is 1.71 bits per heavy atom. The van der Waals surface area contributed by atoms with Crippen molar-refractivity contribution in [1.82, 2.24) is 19.8 Å². The van der Waals surface area contributed by atoms with Crippen molar-refractivity contribution in [2.75, 3.05) is 27.7 Å². The second-order valence-electron chi connectivity index (χ2n) is 8.73. The van der Waals surface area contributed by atoms with Crippen LogP contribution in [0.5, 0.6) is 0 Å². The molecule has 0 saturated carbocycles. The monoisotopic (exact) mass is 520 g/mol. The Labute approximate surface area is 205 Å². The first-order valence-electron chi connectivity index (χ1n) is 11.0. The second-order valence-corrected chi connectivity index (χ2v) is 9.59. The summed E-state index contributed by atoms with van der Waals surface area (Å²) in [5.41, 5.74) is 4.08. The molecule has 0 bridgehead atoms. The van der Waals surface area contributed by atoms with Crippen LogP contribution in [0, 0.1) is 0 Å². The van der Waals surface area contributed by atoms with E-state index in [9.17, 15) is 9.59 Å². The highest BCUT2D eigenvalue weighted by atomic mass is 79.9. The molecule has 0 aliphatic carbocycles. The Kier molecular flexibility index (Phi) is 5.89. The lowest BCUT2D eigenvalue weighted by Crippen LogP contribution is -2.31. The van der Waals surface area contributed by atoms with Gasteiger partial charge in [-0.2, -0.15) is 0 Å². The van der Waals surface area contributed by atoms with E-state index < -0.39 is 0 Å². The van der Waals surface area contributed by atoms with Crippen LogP contribution < -0.4 is 5.32 Å². The Balaban J connectivity index is 1.73. The normalized spacial score (nSPS) is 15.2. The summed E-state index contributed by atoms with van der Waals surface area (Å²) in [4.78, 5) is 31.5. The molecule has 3 heterocycles. The largest absolute Gasteiger partial charge is 0.378 e. The van der Waals surface area contributed by atoms with Crippen molar-refractivity contribution in [1.29, 1.82) is 0 Å². The first kappa shape index (κ1) is 22.6. The molecule has 1 atom stereocenters. The van der Waals surface area contributed by atoms with E-state index in [1.165, 1.54) is 0 Å². The molecule has 2 N–H and O–H groups in total. The van der Waals surface area contributed by atoms with E-state index in [1.54, 1.807) is 13.3 Å². The van der Waals surface area contributed by atoms with E-state index in [2.05, 4.69) is 35.7 Å². The molecule has 1 aliphatic heterocycles. The van der Waals surface area contributed by atoms with Gasteiger partial charge < -0.3 is 19.2 Å². The highest BCUT2D eigenvalue weighted by molar-refractivity contribution is 9.10. The number of amides is 2. The minimum Gasteiger partial charge on any atom is -0.378 e. The molecule has 7 nitrogen and oxygen atoms in total. The third-order valence-electron chi connectivity index (χ3n) is 6.21. The number of para-hydroxylation sites is 2. The summed E-state index contributed by atoms with van der Waals surface area (Å²) in [6.45, 7) is 1.34. The highest BCUT2D eigenvalue weighted by Crippen LogP contribution is 2.39. The number of H-pyrrole nitrogens is 1. The number of halogens is 1. The van der Waals surface area contributed by atoms with Gasteiger partial charge in [0.15, 0.2) is 0 Å². The number of ether oxygens (including phenoxy) is 1. The lowest BCUT2D eigenvalue weighted by Gasteiger charge is -2.21. The van der Waals surface area contributed by atoms with Crippen LogP contribution in [0.4, 0.5) is 0 Å². The van der Waals surface area contributed by atoms with E-state index >= 15 is 0 Å². The number of hydrogen-bond acceptors (Lipinski definition) is 4. The van der Waals surface area contributed by atoms with Crippen LogP contribution in [-0.2, 0) is 20.9 Å². The maximum absolute atomic E-state index is 13.1. The van der Waals surface area contributed by atoms with Crippen LogP contribution in [0.3, 0.4) is 0 Å². The van der Waals surface area contributed by atoms with Crippen molar-refractivity contribution in [3.8, 4) is 0 Å². The summed E-state index contributed by atoms with van der Waals surface area (Å²) in [6.07, 6.45) is 3.71. The van der Waals surface area contributed by atoms with Crippen LogP contribution in [0.1, 0.15) is 11.1 Å². The van der Waals surface area contributed by atoms with Gasteiger partial charge in [-0.1, -0.05) is 30.3 Å². The maximum Gasteiger partial charge on any atom is 0.259 e. The molecule has 5 rings (SSSR count). The van der Waals surface area contributed by atoms with Gasteiger partial charge in [0, 0.05) is 57.9 Å². The zero-order valence-corrected chi connectivity index (χ0v) is 20.8. The molecule has 0 saturated heterocycles. The van der Waals surface area contributed by atoms with Crippen molar-refractivity contribution in [2.45, 2.75) is 12.6 Å². The van der Waals surface area contributed by atoms with Crippen molar-refractivity contribution in [3.05, 3.63) is 70.5 Å². The van der Waals surface area contributed by atoms with Gasteiger partial charge in [-0.15, -0.1) is 0 Å². The second kappa shape index (κ2) is 8.87. The number of fused-ring (bicyclic) bond motifs is 2. The van der Waals surface area contributed by atoms with Crippen LogP contribution >= 0.6 is 15.9 Å². The summed E-state index contributed by atoms with van der Waals surface area (Å²) in [6, 6.07) is 13.7. The molecule has 0 radical (unpaired) electrons. The lowest BCUT2D eigenvalue weighted by atomic mass is 9.95. The van der Waals surface area contributed by atoms with Gasteiger partial charge in [0.2, 0.25) is 0 Å². The standard InChI is InChI=1S/C26H25BrN4O3/c1-30(2)12-15(34-3)13-31-14-19(17-8-6-9-20(27)24(17)31)23-22(25(32)29-26(23)33)18-11-28-21-10-5-4-7-16(18)21/h4-11,14-15,28H,12-13H2,1-3H3,(H,29,32,33). The number of aromatic amines is 1. The Morgan fingerprint density at radius 3 is 2.44 bits per heavy atom. The SMILES string of the molecule is COC(CN(C)C)Cn1cc(C2=C(c3c[nH]c4ccccc34)C(=O)NC2=O)c2cccc(Br)c21. The number of hydrogen-bond donors (Lipinski definition) is 2. The molecule has 0 spiro atoms. The number of imide groups is 1. The first-order valence-corrected chi connectivity index (χ1v) is 11.8. The molecule has 1 unspecified atom stereocenters. The van der Waals surface area contributed by atoms with Gasteiger partial charge in [-0.3, -0.25) is 14.9 Å². The number of benzene rings is 2. The van der Waals surface area contributed by atoms with Gasteiger partial charge in [0.25, 0.3) is 11.8 Å². The van der Waals surface area contributed by atoms with Gasteiger partial charge in [-0.25, -0.2) is 0 Å². The summed E-state index contributed by atoms with van der Waals surface area (Å²) in [7, 11) is 5.72. The van der Waals surface area contributed by atoms with Gasteiger partial charge in [-0.05, 0) is 42.2 Å². The molecular weight excluding hydrogens is 496 g/mol. The molecule has 2 aromatic carbocycles. The van der Waals surface area contributed by atoms with Crippen molar-refractivity contribution < 1.29 is 14.3 Å². The fraction of sp³-hybridized carbons (Fsp3) is 0.231. The van der Waals surface area contributed by atoms with E-state index in [0.717, 1.165) is 38.4 Å². The Morgan fingerprint density at radius 1 is 1.00 bits per heavy atom. The number of methoxy groups -OCH3 is 1. The quantitative estimate of drug-likeness (QED) is 0.360. The third-order valence-corrected chi connectivity index (χ3v) is 6.85. The molecule has 8 heteroatoms. The van der Waals surface area contributed by atoms with Gasteiger partial charge >= 0.3 is 0 Å². The Bertz CT molecular complexity index is 1460. The third kappa shape index (κ3) is 3.77. The molecule has 2 amide bonds. The van der Waals surface area contributed by atoms with Crippen molar-refractivity contribution in [3.63, 3.8) is 0 Å². The topological polar surface area (TPSA) is 79.4 Å². The summed E-state index contributed by atoms with van der Waals surface area (Å²) < 4.78 is 8.74. The molecular formula is C26H25BrN4O3. The van der Waals surface area contributed by atoms with Gasteiger partial charge in [0.05, 0.1) is 29.3 Å². The summed E-state index contributed by atoms with van der Waals surface area (Å²) in [5.74, 6) is -0.774. The smallest absolute Gasteiger partial charge is 0.259 e. The molecule has 34 heavy (non-hydrogen) atoms. The average molecular weight is 521 g/mol. The highest BCUT2D eigenvalue weighted by Gasteiger charge is 2.35. The first-order chi connectivity index (χ1) is 16.4. The lowest BCUT2D eigenvalue weighted by molar-refractivity contribution is -0.122. The van der Waals surface area contributed by atoms with Crippen LogP contribution in [0.2, 0.25) is 0 Å². The average Bonchev–Trinajstić information content (AvgIpc) is 3.46. The number of nitrogens with zero attached hydrogens (tertiary/aromatic N) is 2. The maximum atomic E-state index is 13.1. The van der Waals surface area contributed by atoms with E-state index in [1.807, 2.05) is 62.8 Å². The van der Waals surface area contributed by atoms with Crippen molar-refractivity contribution >= 4 is 60.7 Å². The molecule has 4 aromatic rings. The van der Waals surface area contributed by atoms with Crippen molar-refractivity contribution in [2.24, 2.45) is 0 Å². The summed E-state index contributed by atoms with van der Waals surface area (Å²) in [5, 5.41) is 4.31. The number of rotatable bonds is 7. The van der Waals surface area contributed by atoms with Crippen LogP contribution in [0.15, 0.2) is 59.3 Å². The fourth-order valence-electron chi connectivity index (χ4n) is 4.74. The predicted octanol–water partition coefficient (Wildman–Crippen LogP) is 4.03. The number of nitrogens with one attached hydrogen (secondary N) is 2. The minimum absolute atomic E-state index is 0.0494. The molecule has 1 aliphatic rings. The fourth-order valence-corrected chi connectivity index (χ4v) is 5.33.